The minimum atomic E-state index is -0.734. The molecule has 3 aliphatic rings. The highest BCUT2D eigenvalue weighted by Gasteiger charge is 2.35. The van der Waals surface area contributed by atoms with Crippen molar-refractivity contribution in [2.75, 3.05) is 6.79 Å². The zero-order valence-corrected chi connectivity index (χ0v) is 17.3. The van der Waals surface area contributed by atoms with Gasteiger partial charge in [0.1, 0.15) is 6.79 Å². The molecule has 0 spiro atoms. The van der Waals surface area contributed by atoms with E-state index in [1.165, 1.54) is 37.7 Å². The van der Waals surface area contributed by atoms with Crippen LogP contribution in [0.1, 0.15) is 65.2 Å². The van der Waals surface area contributed by atoms with Gasteiger partial charge in [0.15, 0.2) is 0 Å². The van der Waals surface area contributed by atoms with E-state index < -0.39 is 5.97 Å². The SMILES string of the molecule is CC1=CC(C2CCC(C3C=CC(OCO)CC3CCC(=O)O)C=C2C)CCC1. The fourth-order valence-corrected chi connectivity index (χ4v) is 5.74. The normalized spacial score (nSPS) is 36.0. The van der Waals surface area contributed by atoms with Crippen molar-refractivity contribution in [3.05, 3.63) is 35.5 Å². The molecule has 0 heterocycles. The van der Waals surface area contributed by atoms with Gasteiger partial charge in [-0.2, -0.15) is 0 Å². The maximum atomic E-state index is 11.1. The lowest BCUT2D eigenvalue weighted by Gasteiger charge is -2.40. The first-order chi connectivity index (χ1) is 13.5. The summed E-state index contributed by atoms with van der Waals surface area (Å²) in [5.74, 6) is 1.77. The van der Waals surface area contributed by atoms with Gasteiger partial charge in [-0.25, -0.2) is 0 Å². The Morgan fingerprint density at radius 2 is 1.96 bits per heavy atom. The van der Waals surface area contributed by atoms with Crippen LogP contribution in [0, 0.1) is 29.6 Å². The Labute approximate surface area is 169 Å². The second-order valence-electron chi connectivity index (χ2n) is 9.05. The van der Waals surface area contributed by atoms with Crippen LogP contribution < -0.4 is 0 Å². The Balaban J connectivity index is 1.72. The molecule has 0 amide bonds. The van der Waals surface area contributed by atoms with Gasteiger partial charge in [0.25, 0.3) is 0 Å². The fourth-order valence-electron chi connectivity index (χ4n) is 5.74. The van der Waals surface area contributed by atoms with E-state index in [1.54, 1.807) is 5.57 Å². The quantitative estimate of drug-likeness (QED) is 0.470. The lowest BCUT2D eigenvalue weighted by molar-refractivity contribution is -0.137. The number of hydrogen-bond donors (Lipinski definition) is 2. The minimum absolute atomic E-state index is 0.100. The summed E-state index contributed by atoms with van der Waals surface area (Å²) in [4.78, 5) is 11.1. The first kappa shape index (κ1) is 21.3. The van der Waals surface area contributed by atoms with Crippen LogP contribution in [0.5, 0.6) is 0 Å². The molecular weight excluding hydrogens is 352 g/mol. The average Bonchev–Trinajstić information content (AvgIpc) is 2.66. The van der Waals surface area contributed by atoms with Gasteiger partial charge in [-0.3, -0.25) is 4.79 Å². The lowest BCUT2D eigenvalue weighted by Crippen LogP contribution is -2.32. The molecule has 156 valence electrons. The topological polar surface area (TPSA) is 66.8 Å². The van der Waals surface area contributed by atoms with Gasteiger partial charge in [0.2, 0.25) is 0 Å². The number of carbonyl (C=O) groups is 1. The van der Waals surface area contributed by atoms with Crippen LogP contribution in [0.3, 0.4) is 0 Å². The van der Waals surface area contributed by atoms with Gasteiger partial charge in [-0.15, -0.1) is 0 Å². The molecule has 2 N–H and O–H groups in total. The molecule has 0 aliphatic heterocycles. The van der Waals surface area contributed by atoms with Crippen LogP contribution in [0.25, 0.3) is 0 Å². The summed E-state index contributed by atoms with van der Waals surface area (Å²) in [6.45, 7) is 4.27. The van der Waals surface area contributed by atoms with Crippen molar-refractivity contribution in [3.8, 4) is 0 Å². The van der Waals surface area contributed by atoms with Crippen LogP contribution in [0.4, 0.5) is 0 Å². The van der Waals surface area contributed by atoms with E-state index in [2.05, 4.69) is 38.2 Å². The summed E-state index contributed by atoms with van der Waals surface area (Å²) < 4.78 is 5.38. The largest absolute Gasteiger partial charge is 0.481 e. The van der Waals surface area contributed by atoms with Crippen LogP contribution in [-0.2, 0) is 9.53 Å². The lowest BCUT2D eigenvalue weighted by atomic mass is 9.66. The number of carboxylic acids is 1. The van der Waals surface area contributed by atoms with Crippen molar-refractivity contribution in [3.63, 3.8) is 0 Å². The second kappa shape index (κ2) is 9.89. The van der Waals surface area contributed by atoms with Gasteiger partial charge in [0.05, 0.1) is 6.10 Å². The Kier molecular flexibility index (Phi) is 7.53. The highest BCUT2D eigenvalue weighted by Crippen LogP contribution is 2.44. The van der Waals surface area contributed by atoms with Gasteiger partial charge < -0.3 is 14.9 Å². The highest BCUT2D eigenvalue weighted by molar-refractivity contribution is 5.66. The third kappa shape index (κ3) is 5.36. The zero-order chi connectivity index (χ0) is 20.1. The van der Waals surface area contributed by atoms with Gasteiger partial charge in [-0.05, 0) is 88.4 Å². The molecule has 4 heteroatoms. The van der Waals surface area contributed by atoms with Crippen LogP contribution in [-0.4, -0.2) is 29.1 Å². The number of aliphatic hydroxyl groups excluding tert-OH is 1. The number of allylic oxidation sites excluding steroid dienone is 5. The molecule has 6 atom stereocenters. The maximum Gasteiger partial charge on any atom is 0.303 e. The van der Waals surface area contributed by atoms with E-state index in [0.29, 0.717) is 36.0 Å². The summed E-state index contributed by atoms with van der Waals surface area (Å²) in [5, 5.41) is 18.2. The predicted octanol–water partition coefficient (Wildman–Crippen LogP) is 5.10. The number of rotatable bonds is 7. The molecule has 3 rings (SSSR count). The maximum absolute atomic E-state index is 11.1. The van der Waals surface area contributed by atoms with Gasteiger partial charge in [0, 0.05) is 6.42 Å². The van der Waals surface area contributed by atoms with Crippen molar-refractivity contribution >= 4 is 5.97 Å². The van der Waals surface area contributed by atoms with E-state index >= 15 is 0 Å². The number of aliphatic carboxylic acids is 1. The Hall–Kier alpha value is -1.39. The van der Waals surface area contributed by atoms with Gasteiger partial charge in [-0.1, -0.05) is 35.5 Å². The summed E-state index contributed by atoms with van der Waals surface area (Å²) in [6, 6.07) is 0. The van der Waals surface area contributed by atoms with E-state index in [9.17, 15) is 4.79 Å². The molecule has 0 bridgehead atoms. The second-order valence-corrected chi connectivity index (χ2v) is 9.05. The molecule has 0 fully saturated rings. The van der Waals surface area contributed by atoms with E-state index in [1.807, 2.05) is 0 Å². The van der Waals surface area contributed by atoms with Crippen molar-refractivity contribution in [1.29, 1.82) is 0 Å². The van der Waals surface area contributed by atoms with E-state index in [4.69, 9.17) is 14.9 Å². The average molecular weight is 389 g/mol. The molecule has 0 saturated carbocycles. The molecular formula is C24H36O4. The monoisotopic (exact) mass is 388 g/mol. The molecule has 4 nitrogen and oxygen atoms in total. The predicted molar refractivity (Wildman–Crippen MR) is 111 cm³/mol. The van der Waals surface area contributed by atoms with Crippen molar-refractivity contribution in [1.82, 2.24) is 0 Å². The number of carboxylic acid groups (broad SMARTS) is 1. The molecule has 0 saturated heterocycles. The standard InChI is InChI=1S/C24H36O4/c1-16-4-3-5-18(12-16)22-9-6-19(13-17(22)2)23-10-8-21(28-15-25)14-20(23)7-11-24(26)27/h8,10,12-13,18-23,25H,3-7,9,11,14-15H2,1-2H3,(H,26,27). The Morgan fingerprint density at radius 3 is 2.64 bits per heavy atom. The van der Waals surface area contributed by atoms with Crippen LogP contribution in [0.2, 0.25) is 0 Å². The summed E-state index contributed by atoms with van der Waals surface area (Å²) in [5.41, 5.74) is 3.07. The fraction of sp³-hybridized carbons (Fsp3) is 0.708. The molecule has 0 aromatic carbocycles. The zero-order valence-electron chi connectivity index (χ0n) is 17.3. The number of aliphatic hydroxyl groups is 1. The van der Waals surface area contributed by atoms with Gasteiger partial charge >= 0.3 is 5.97 Å². The number of hydrogen-bond acceptors (Lipinski definition) is 3. The van der Waals surface area contributed by atoms with E-state index in [0.717, 1.165) is 6.42 Å². The highest BCUT2D eigenvalue weighted by atomic mass is 16.6. The Morgan fingerprint density at radius 1 is 1.14 bits per heavy atom. The molecule has 3 aliphatic carbocycles. The summed E-state index contributed by atoms with van der Waals surface area (Å²) >= 11 is 0. The molecule has 28 heavy (non-hydrogen) atoms. The van der Waals surface area contributed by atoms with Crippen LogP contribution in [0.15, 0.2) is 35.5 Å². The minimum Gasteiger partial charge on any atom is -0.481 e. The smallest absolute Gasteiger partial charge is 0.303 e. The van der Waals surface area contributed by atoms with Crippen molar-refractivity contribution in [2.24, 2.45) is 29.6 Å². The first-order valence-corrected chi connectivity index (χ1v) is 11.0. The number of ether oxygens (including phenoxy) is 1. The van der Waals surface area contributed by atoms with E-state index in [-0.39, 0.29) is 19.3 Å². The molecule has 0 aromatic rings. The molecule has 6 unspecified atom stereocenters. The summed E-state index contributed by atoms with van der Waals surface area (Å²) in [6.07, 6.45) is 17.2. The van der Waals surface area contributed by atoms with Crippen molar-refractivity contribution < 1.29 is 19.7 Å². The van der Waals surface area contributed by atoms with Crippen LogP contribution >= 0.6 is 0 Å². The Bertz CT molecular complexity index is 633. The summed E-state index contributed by atoms with van der Waals surface area (Å²) in [7, 11) is 0. The molecule has 0 radical (unpaired) electrons. The first-order valence-electron chi connectivity index (χ1n) is 11.0. The van der Waals surface area contributed by atoms with Crippen molar-refractivity contribution in [2.45, 2.75) is 71.3 Å². The third-order valence-corrected chi connectivity index (χ3v) is 7.14. The molecule has 0 aromatic heterocycles. The third-order valence-electron chi connectivity index (χ3n) is 7.14.